The van der Waals surface area contributed by atoms with E-state index in [-0.39, 0.29) is 5.91 Å². The zero-order valence-electron chi connectivity index (χ0n) is 10.9. The van der Waals surface area contributed by atoms with Crippen molar-refractivity contribution in [2.75, 3.05) is 26.7 Å². The van der Waals surface area contributed by atoms with Crippen LogP contribution in [0.2, 0.25) is 0 Å². The van der Waals surface area contributed by atoms with E-state index in [1.165, 1.54) is 0 Å². The molecule has 1 aliphatic rings. The van der Waals surface area contributed by atoms with Crippen LogP contribution in [0.15, 0.2) is 21.2 Å². The van der Waals surface area contributed by atoms with Gasteiger partial charge in [0.2, 0.25) is 0 Å². The summed E-state index contributed by atoms with van der Waals surface area (Å²) in [4.78, 5) is 16.4. The Bertz CT molecular complexity index is 411. The Kier molecular flexibility index (Phi) is 4.45. The molecule has 1 aromatic rings. The van der Waals surface area contributed by atoms with Gasteiger partial charge in [-0.15, -0.1) is 0 Å². The molecule has 0 N–H and O–H groups in total. The van der Waals surface area contributed by atoms with Crippen LogP contribution < -0.4 is 0 Å². The van der Waals surface area contributed by atoms with Crippen molar-refractivity contribution < 1.29 is 9.21 Å². The lowest BCUT2D eigenvalue weighted by molar-refractivity contribution is 0.0614. The Morgan fingerprint density at radius 1 is 1.50 bits per heavy atom. The fourth-order valence-electron chi connectivity index (χ4n) is 2.39. The Hall–Kier alpha value is -0.810. The summed E-state index contributed by atoms with van der Waals surface area (Å²) in [5.74, 6) is 0.373. The molecular formula is C13H19BrN2O2. The molecule has 5 heteroatoms. The molecule has 0 saturated carbocycles. The fraction of sp³-hybridized carbons (Fsp3) is 0.615. The molecule has 0 radical (unpaired) electrons. The summed E-state index contributed by atoms with van der Waals surface area (Å²) >= 11 is 3.22. The summed E-state index contributed by atoms with van der Waals surface area (Å²) in [6, 6.07) is 3.79. The van der Waals surface area contributed by atoms with Crippen molar-refractivity contribution in [1.82, 2.24) is 9.80 Å². The van der Waals surface area contributed by atoms with Gasteiger partial charge in [0.05, 0.1) is 0 Å². The van der Waals surface area contributed by atoms with Crippen LogP contribution in [0.3, 0.4) is 0 Å². The zero-order valence-corrected chi connectivity index (χ0v) is 12.4. The molecule has 1 amide bonds. The summed E-state index contributed by atoms with van der Waals surface area (Å²) in [5.41, 5.74) is 0. The normalized spacial score (nSPS) is 17.9. The molecule has 0 atom stereocenters. The summed E-state index contributed by atoms with van der Waals surface area (Å²) in [5, 5.41) is 0. The number of likely N-dealkylation sites (tertiary alicyclic amines) is 1. The maximum Gasteiger partial charge on any atom is 0.289 e. The number of rotatable bonds is 3. The van der Waals surface area contributed by atoms with E-state index in [1.54, 1.807) is 12.1 Å². The van der Waals surface area contributed by atoms with Crippen molar-refractivity contribution in [1.29, 1.82) is 0 Å². The average Bonchev–Trinajstić information content (AvgIpc) is 2.84. The monoisotopic (exact) mass is 314 g/mol. The molecule has 4 nitrogen and oxygen atoms in total. The van der Waals surface area contributed by atoms with Gasteiger partial charge in [-0.05, 0) is 47.4 Å². The average molecular weight is 315 g/mol. The number of piperidine rings is 1. The van der Waals surface area contributed by atoms with Crippen LogP contribution in [0.5, 0.6) is 0 Å². The van der Waals surface area contributed by atoms with E-state index in [4.69, 9.17) is 4.42 Å². The Morgan fingerprint density at radius 3 is 2.67 bits per heavy atom. The number of nitrogens with zero attached hydrogens (tertiary/aromatic N) is 2. The van der Waals surface area contributed by atoms with Crippen molar-refractivity contribution in [2.24, 2.45) is 0 Å². The van der Waals surface area contributed by atoms with Gasteiger partial charge >= 0.3 is 0 Å². The van der Waals surface area contributed by atoms with Crippen molar-refractivity contribution in [3.8, 4) is 0 Å². The first-order valence-electron chi connectivity index (χ1n) is 6.36. The highest BCUT2D eigenvalue weighted by molar-refractivity contribution is 9.10. The first-order chi connectivity index (χ1) is 8.61. The van der Waals surface area contributed by atoms with Crippen molar-refractivity contribution in [2.45, 2.75) is 25.8 Å². The van der Waals surface area contributed by atoms with Crippen LogP contribution >= 0.6 is 15.9 Å². The fourth-order valence-corrected chi connectivity index (χ4v) is 2.70. The minimum absolute atomic E-state index is 0.0318. The van der Waals surface area contributed by atoms with Gasteiger partial charge in [-0.2, -0.15) is 0 Å². The molecule has 1 aliphatic heterocycles. The third-order valence-electron chi connectivity index (χ3n) is 3.66. The summed E-state index contributed by atoms with van der Waals surface area (Å²) in [6.07, 6.45) is 2.08. The molecule has 1 saturated heterocycles. The predicted octanol–water partition coefficient (Wildman–Crippen LogP) is 2.60. The highest BCUT2D eigenvalue weighted by Crippen LogP contribution is 2.20. The van der Waals surface area contributed by atoms with Gasteiger partial charge < -0.3 is 14.2 Å². The van der Waals surface area contributed by atoms with Gasteiger partial charge in [0.1, 0.15) is 0 Å². The van der Waals surface area contributed by atoms with Gasteiger partial charge in [-0.3, -0.25) is 4.79 Å². The second-order valence-electron chi connectivity index (χ2n) is 4.69. The quantitative estimate of drug-likeness (QED) is 0.860. The van der Waals surface area contributed by atoms with Crippen LogP contribution in [-0.2, 0) is 0 Å². The summed E-state index contributed by atoms with van der Waals surface area (Å²) in [7, 11) is 1.87. The molecule has 100 valence electrons. The van der Waals surface area contributed by atoms with Gasteiger partial charge in [-0.25, -0.2) is 0 Å². The van der Waals surface area contributed by atoms with Gasteiger partial charge in [0.15, 0.2) is 10.4 Å². The van der Waals surface area contributed by atoms with E-state index in [0.717, 1.165) is 32.5 Å². The topological polar surface area (TPSA) is 36.7 Å². The van der Waals surface area contributed by atoms with Gasteiger partial charge in [-0.1, -0.05) is 6.92 Å². The van der Waals surface area contributed by atoms with Crippen LogP contribution in [0, 0.1) is 0 Å². The van der Waals surface area contributed by atoms with Crippen molar-refractivity contribution >= 4 is 21.8 Å². The van der Waals surface area contributed by atoms with Crippen LogP contribution in [0.25, 0.3) is 0 Å². The SMILES string of the molecule is CCN1CCC(N(C)C(=O)c2ccc(Br)o2)CC1. The van der Waals surface area contributed by atoms with Crippen LogP contribution in [0.1, 0.15) is 30.3 Å². The minimum Gasteiger partial charge on any atom is -0.444 e. The number of hydrogen-bond donors (Lipinski definition) is 0. The van der Waals surface area contributed by atoms with Gasteiger partial charge in [0, 0.05) is 26.2 Å². The first kappa shape index (κ1) is 13.6. The molecule has 0 unspecified atom stereocenters. The Labute approximate surface area is 116 Å². The molecule has 0 spiro atoms. The van der Waals surface area contributed by atoms with Crippen molar-refractivity contribution in [3.63, 3.8) is 0 Å². The molecule has 1 fully saturated rings. The van der Waals surface area contributed by atoms with E-state index >= 15 is 0 Å². The smallest absolute Gasteiger partial charge is 0.289 e. The molecule has 2 heterocycles. The zero-order chi connectivity index (χ0) is 13.1. The third-order valence-corrected chi connectivity index (χ3v) is 4.08. The largest absolute Gasteiger partial charge is 0.444 e. The third kappa shape index (κ3) is 2.95. The number of hydrogen-bond acceptors (Lipinski definition) is 3. The molecule has 0 bridgehead atoms. The lowest BCUT2D eigenvalue weighted by atomic mass is 10.0. The second-order valence-corrected chi connectivity index (χ2v) is 5.47. The second kappa shape index (κ2) is 5.89. The van der Waals surface area contributed by atoms with Crippen molar-refractivity contribution in [3.05, 3.63) is 22.6 Å². The Balaban J connectivity index is 1.95. The molecule has 0 aliphatic carbocycles. The maximum absolute atomic E-state index is 12.2. The molecule has 0 aromatic carbocycles. The first-order valence-corrected chi connectivity index (χ1v) is 7.16. The van der Waals surface area contributed by atoms with E-state index in [9.17, 15) is 4.79 Å². The Morgan fingerprint density at radius 2 is 2.17 bits per heavy atom. The standard InChI is InChI=1S/C13H19BrN2O2/c1-3-16-8-6-10(7-9-16)15(2)13(17)11-4-5-12(14)18-11/h4-5,10H,3,6-9H2,1-2H3. The predicted molar refractivity (Wildman–Crippen MR) is 73.6 cm³/mol. The maximum atomic E-state index is 12.2. The summed E-state index contributed by atoms with van der Waals surface area (Å²) in [6.45, 7) is 5.41. The number of carbonyl (C=O) groups is 1. The number of furan rings is 1. The minimum atomic E-state index is -0.0318. The molecule has 2 rings (SSSR count). The number of amides is 1. The lowest BCUT2D eigenvalue weighted by Gasteiger charge is -2.35. The lowest BCUT2D eigenvalue weighted by Crippen LogP contribution is -2.45. The van der Waals surface area contributed by atoms with E-state index < -0.39 is 0 Å². The van der Waals surface area contributed by atoms with Gasteiger partial charge in [0.25, 0.3) is 5.91 Å². The van der Waals surface area contributed by atoms with E-state index in [0.29, 0.717) is 16.5 Å². The van der Waals surface area contributed by atoms with E-state index in [2.05, 4.69) is 27.8 Å². The molecule has 18 heavy (non-hydrogen) atoms. The van der Waals surface area contributed by atoms with Crippen LogP contribution in [0.4, 0.5) is 0 Å². The highest BCUT2D eigenvalue weighted by Gasteiger charge is 2.26. The number of halogens is 1. The highest BCUT2D eigenvalue weighted by atomic mass is 79.9. The summed E-state index contributed by atoms with van der Waals surface area (Å²) < 4.78 is 5.91. The molecular weight excluding hydrogens is 296 g/mol. The number of carbonyl (C=O) groups excluding carboxylic acids is 1. The molecule has 1 aromatic heterocycles. The van der Waals surface area contributed by atoms with Crippen LogP contribution in [-0.4, -0.2) is 48.4 Å². The van der Waals surface area contributed by atoms with E-state index in [1.807, 2.05) is 11.9 Å².